The molecule has 1 fully saturated rings. The first kappa shape index (κ1) is 37.5. The Morgan fingerprint density at radius 1 is 0.818 bits per heavy atom. The van der Waals surface area contributed by atoms with Crippen molar-refractivity contribution in [3.05, 3.63) is 137 Å². The maximum Gasteiger partial charge on any atom is 0.350 e. The number of aryl methyl sites for hydroxylation is 1. The van der Waals surface area contributed by atoms with Crippen molar-refractivity contribution in [3.63, 3.8) is 0 Å². The van der Waals surface area contributed by atoms with Crippen LogP contribution in [-0.4, -0.2) is 76.6 Å². The average Bonchev–Trinajstić information content (AvgIpc) is 3.79. The van der Waals surface area contributed by atoms with Gasteiger partial charge in [-0.05, 0) is 74.4 Å². The van der Waals surface area contributed by atoms with Crippen LogP contribution in [0.25, 0.3) is 16.8 Å². The molecule has 0 aliphatic carbocycles. The number of rotatable bonds is 12. The average molecular weight is 754 g/mol. The maximum atomic E-state index is 16.3. The molecule has 3 atom stereocenters. The Morgan fingerprint density at radius 3 is 1.96 bits per heavy atom. The standard InChI is InChI=1S/C40H42F3N9O3/c1-4-36(27(2)53)52-38(54)51(26-46-52)33-16-14-32(15-17-33)49-21-19-48(20-22-49)31-12-9-29(10-13-31)30-11-18-37(44-23-30)40(42,43)39(55,24-50-25-45-28(3)47-50)34-7-5-6-8-35(34)41/h5-18,23,25-27,36,53,55H,4,19-22,24H2,1-3H3/t27-,36-,39?/m0/s1. The molecule has 0 bridgehead atoms. The number of aromatic nitrogens is 7. The minimum atomic E-state index is -4.01. The van der Waals surface area contributed by atoms with Crippen molar-refractivity contribution in [1.82, 2.24) is 34.1 Å². The molecular weight excluding hydrogens is 711 g/mol. The summed E-state index contributed by atoms with van der Waals surface area (Å²) in [4.78, 5) is 25.6. The predicted octanol–water partition coefficient (Wildman–Crippen LogP) is 5.47. The van der Waals surface area contributed by atoms with Crippen LogP contribution in [0.15, 0.2) is 109 Å². The van der Waals surface area contributed by atoms with Gasteiger partial charge in [-0.3, -0.25) is 4.98 Å². The van der Waals surface area contributed by atoms with Crippen LogP contribution in [0.1, 0.15) is 43.4 Å². The highest BCUT2D eigenvalue weighted by molar-refractivity contribution is 5.66. The van der Waals surface area contributed by atoms with Gasteiger partial charge < -0.3 is 20.0 Å². The summed E-state index contributed by atoms with van der Waals surface area (Å²) in [5, 5.41) is 29.9. The highest BCUT2D eigenvalue weighted by Crippen LogP contribution is 2.47. The molecule has 4 heterocycles. The summed E-state index contributed by atoms with van der Waals surface area (Å²) in [5.74, 6) is -4.67. The minimum Gasteiger partial charge on any atom is -0.391 e. The lowest BCUT2D eigenvalue weighted by Gasteiger charge is -2.37. The molecular formula is C40H42F3N9O3. The van der Waals surface area contributed by atoms with Gasteiger partial charge in [0, 0.05) is 54.9 Å². The molecule has 6 aromatic rings. The fourth-order valence-corrected chi connectivity index (χ4v) is 7.16. The van der Waals surface area contributed by atoms with Gasteiger partial charge >= 0.3 is 11.6 Å². The van der Waals surface area contributed by atoms with Gasteiger partial charge in [-0.1, -0.05) is 43.3 Å². The fourth-order valence-electron chi connectivity index (χ4n) is 7.16. The van der Waals surface area contributed by atoms with Gasteiger partial charge in [0.2, 0.25) is 0 Å². The van der Waals surface area contributed by atoms with Crippen LogP contribution >= 0.6 is 0 Å². The molecule has 1 aliphatic rings. The monoisotopic (exact) mass is 753 g/mol. The van der Waals surface area contributed by atoms with E-state index in [0.717, 1.165) is 66.0 Å². The molecule has 1 unspecified atom stereocenters. The molecule has 15 heteroatoms. The Hall–Kier alpha value is -5.80. The number of anilines is 2. The third-order valence-corrected chi connectivity index (χ3v) is 10.3. The van der Waals surface area contributed by atoms with Crippen LogP contribution in [-0.2, 0) is 18.1 Å². The summed E-state index contributed by atoms with van der Waals surface area (Å²) in [6, 6.07) is 22.7. The molecule has 0 spiro atoms. The zero-order chi connectivity index (χ0) is 38.9. The molecule has 7 rings (SSSR count). The quantitative estimate of drug-likeness (QED) is 0.167. The Bertz CT molecular complexity index is 2280. The van der Waals surface area contributed by atoms with Crippen LogP contribution in [0.4, 0.5) is 24.5 Å². The van der Waals surface area contributed by atoms with Crippen molar-refractivity contribution in [2.45, 2.75) is 57.4 Å². The Morgan fingerprint density at radius 2 is 1.42 bits per heavy atom. The number of halogens is 3. The molecule has 1 aliphatic heterocycles. The van der Waals surface area contributed by atoms with Crippen LogP contribution in [0, 0.1) is 12.7 Å². The number of hydrogen-bond donors (Lipinski definition) is 2. The zero-order valence-electron chi connectivity index (χ0n) is 30.7. The molecule has 55 heavy (non-hydrogen) atoms. The van der Waals surface area contributed by atoms with Gasteiger partial charge in [-0.15, -0.1) is 0 Å². The topological polar surface area (TPSA) is 130 Å². The third kappa shape index (κ3) is 7.24. The first-order chi connectivity index (χ1) is 26.4. The predicted molar refractivity (Wildman–Crippen MR) is 202 cm³/mol. The number of pyridine rings is 1. The van der Waals surface area contributed by atoms with E-state index in [9.17, 15) is 19.4 Å². The van der Waals surface area contributed by atoms with Crippen molar-refractivity contribution in [2.75, 3.05) is 36.0 Å². The van der Waals surface area contributed by atoms with E-state index in [2.05, 4.69) is 30.0 Å². The molecule has 0 saturated carbocycles. The SMILES string of the molecule is CC[C@@H]([C@H](C)O)n1ncn(-c2ccc(N3CCN(c4ccc(-c5ccc(C(F)(F)C(O)(Cn6cnc(C)n6)c6ccccc6F)nc5)cc4)CC3)cc2)c1=O. The molecule has 0 amide bonds. The number of benzene rings is 3. The number of nitrogens with zero attached hydrogens (tertiary/aromatic N) is 9. The van der Waals surface area contributed by atoms with Crippen molar-refractivity contribution >= 4 is 11.4 Å². The summed E-state index contributed by atoms with van der Waals surface area (Å²) in [6.07, 6.45) is 3.90. The van der Waals surface area contributed by atoms with E-state index in [-0.39, 0.29) is 5.69 Å². The van der Waals surface area contributed by atoms with E-state index in [1.165, 1.54) is 46.3 Å². The zero-order valence-corrected chi connectivity index (χ0v) is 30.7. The lowest BCUT2D eigenvalue weighted by molar-refractivity contribution is -0.207. The third-order valence-electron chi connectivity index (χ3n) is 10.3. The van der Waals surface area contributed by atoms with Crippen LogP contribution in [0.2, 0.25) is 0 Å². The number of hydrogen-bond acceptors (Lipinski definition) is 9. The fraction of sp³-hybridized carbons (Fsp3) is 0.325. The number of piperazine rings is 1. The molecule has 1 saturated heterocycles. The summed E-state index contributed by atoms with van der Waals surface area (Å²) in [5.41, 5.74) is -0.487. The van der Waals surface area contributed by atoms with Crippen LogP contribution in [0.5, 0.6) is 0 Å². The van der Waals surface area contributed by atoms with E-state index in [1.807, 2.05) is 55.5 Å². The highest BCUT2D eigenvalue weighted by atomic mass is 19.3. The molecule has 3 aromatic carbocycles. The maximum absolute atomic E-state index is 16.3. The second-order valence-electron chi connectivity index (χ2n) is 13.8. The molecule has 0 radical (unpaired) electrons. The van der Waals surface area contributed by atoms with E-state index in [1.54, 1.807) is 13.8 Å². The van der Waals surface area contributed by atoms with E-state index in [4.69, 9.17) is 0 Å². The van der Waals surface area contributed by atoms with Gasteiger partial charge in [0.25, 0.3) is 0 Å². The molecule has 12 nitrogen and oxygen atoms in total. The van der Waals surface area contributed by atoms with Crippen molar-refractivity contribution in [3.8, 4) is 16.8 Å². The summed E-state index contributed by atoms with van der Waals surface area (Å²) in [7, 11) is 0. The normalized spacial score (nSPS) is 15.9. The lowest BCUT2D eigenvalue weighted by atomic mass is 9.84. The lowest BCUT2D eigenvalue weighted by Crippen LogP contribution is -2.48. The largest absolute Gasteiger partial charge is 0.391 e. The van der Waals surface area contributed by atoms with Gasteiger partial charge in [0.05, 0.1) is 24.4 Å². The smallest absolute Gasteiger partial charge is 0.350 e. The number of aliphatic hydroxyl groups excluding tert-OH is 1. The second kappa shape index (κ2) is 15.1. The van der Waals surface area contributed by atoms with Gasteiger partial charge in [-0.2, -0.15) is 19.0 Å². The van der Waals surface area contributed by atoms with E-state index >= 15 is 8.78 Å². The summed E-state index contributed by atoms with van der Waals surface area (Å²) >= 11 is 0. The van der Waals surface area contributed by atoms with Crippen LogP contribution in [0.3, 0.4) is 0 Å². The molecule has 2 N–H and O–H groups in total. The minimum absolute atomic E-state index is 0.296. The van der Waals surface area contributed by atoms with Crippen molar-refractivity contribution < 1.29 is 23.4 Å². The number of alkyl halides is 2. The van der Waals surface area contributed by atoms with E-state index in [0.29, 0.717) is 23.5 Å². The Labute approximate surface area is 315 Å². The van der Waals surface area contributed by atoms with Crippen molar-refractivity contribution in [1.29, 1.82) is 0 Å². The Balaban J connectivity index is 1.00. The van der Waals surface area contributed by atoms with Gasteiger partial charge in [0.1, 0.15) is 30.0 Å². The first-order valence-electron chi connectivity index (χ1n) is 18.1. The van der Waals surface area contributed by atoms with Crippen LogP contribution < -0.4 is 15.5 Å². The van der Waals surface area contributed by atoms with E-state index < -0.39 is 47.3 Å². The summed E-state index contributed by atoms with van der Waals surface area (Å²) < 4.78 is 51.4. The Kier molecular flexibility index (Phi) is 10.3. The van der Waals surface area contributed by atoms with Gasteiger partial charge in [0.15, 0.2) is 5.60 Å². The highest BCUT2D eigenvalue weighted by Gasteiger charge is 2.57. The first-order valence-corrected chi connectivity index (χ1v) is 18.1. The van der Waals surface area contributed by atoms with Crippen molar-refractivity contribution in [2.24, 2.45) is 0 Å². The summed E-state index contributed by atoms with van der Waals surface area (Å²) in [6.45, 7) is 7.49. The number of aliphatic hydroxyl groups is 2. The van der Waals surface area contributed by atoms with Gasteiger partial charge in [-0.25, -0.2) is 28.1 Å². The molecule has 286 valence electrons. The molecule has 3 aromatic heterocycles. The second-order valence-corrected chi connectivity index (χ2v) is 13.8.